The molecular formula is C18H19N3O4. The summed E-state index contributed by atoms with van der Waals surface area (Å²) in [6.45, 7) is 2.36. The van der Waals surface area contributed by atoms with Crippen LogP contribution >= 0.6 is 0 Å². The Balaban J connectivity index is 1.84. The average molecular weight is 341 g/mol. The Bertz CT molecular complexity index is 854. The molecule has 7 nitrogen and oxygen atoms in total. The predicted octanol–water partition coefficient (Wildman–Crippen LogP) is 1.57. The number of rotatable bonds is 4. The van der Waals surface area contributed by atoms with E-state index in [9.17, 15) is 14.4 Å². The van der Waals surface area contributed by atoms with E-state index in [1.165, 1.54) is 17.0 Å². The number of nitrogens with one attached hydrogen (secondary N) is 1. The number of ketones is 1. The Labute approximate surface area is 144 Å². The number of benzene rings is 1. The van der Waals surface area contributed by atoms with Crippen molar-refractivity contribution in [1.82, 2.24) is 15.1 Å². The lowest BCUT2D eigenvalue weighted by atomic mass is 10.00. The number of carbonyl (C=O) groups excluding carboxylic acids is 2. The number of Topliss-reactive ketones (excluding diaryl/α,β-unsaturated/α-hetero) is 1. The van der Waals surface area contributed by atoms with E-state index in [0.717, 1.165) is 12.0 Å². The Kier molecular flexibility index (Phi) is 4.65. The summed E-state index contributed by atoms with van der Waals surface area (Å²) in [5, 5.41) is 6.02. The van der Waals surface area contributed by atoms with Crippen molar-refractivity contribution in [3.8, 4) is 5.75 Å². The van der Waals surface area contributed by atoms with E-state index in [0.29, 0.717) is 24.3 Å². The molecule has 2 aromatic rings. The Morgan fingerprint density at radius 3 is 2.72 bits per heavy atom. The summed E-state index contributed by atoms with van der Waals surface area (Å²) in [6.07, 6.45) is 1.36. The molecule has 0 aliphatic carbocycles. The summed E-state index contributed by atoms with van der Waals surface area (Å²) in [7, 11) is 1.58. The van der Waals surface area contributed by atoms with Gasteiger partial charge in [-0.2, -0.15) is 5.10 Å². The summed E-state index contributed by atoms with van der Waals surface area (Å²) in [5.41, 5.74) is 1.17. The average Bonchev–Trinajstić information content (AvgIpc) is 3.10. The van der Waals surface area contributed by atoms with E-state index in [2.05, 4.69) is 10.2 Å². The van der Waals surface area contributed by atoms with E-state index in [1.807, 2.05) is 6.92 Å². The molecule has 1 saturated heterocycles. The summed E-state index contributed by atoms with van der Waals surface area (Å²) in [4.78, 5) is 38.2. The van der Waals surface area contributed by atoms with Crippen molar-refractivity contribution in [2.24, 2.45) is 0 Å². The number of aryl methyl sites for hydroxylation is 1. The second-order valence-corrected chi connectivity index (χ2v) is 6.01. The zero-order chi connectivity index (χ0) is 18.0. The fraction of sp³-hybridized carbons (Fsp3) is 0.333. The normalized spacial score (nSPS) is 16.7. The number of aromatic nitrogens is 2. The van der Waals surface area contributed by atoms with Gasteiger partial charge in [0.25, 0.3) is 11.5 Å². The predicted molar refractivity (Wildman–Crippen MR) is 91.0 cm³/mol. The molecule has 1 atom stereocenters. The first-order chi connectivity index (χ1) is 12.0. The Morgan fingerprint density at radius 1 is 1.28 bits per heavy atom. The Hall–Kier alpha value is -2.96. The smallest absolute Gasteiger partial charge is 0.274 e. The minimum absolute atomic E-state index is 0.0963. The lowest BCUT2D eigenvalue weighted by Crippen LogP contribution is -2.41. The van der Waals surface area contributed by atoms with Crippen LogP contribution in [0.1, 0.15) is 39.3 Å². The van der Waals surface area contributed by atoms with Crippen LogP contribution in [0.4, 0.5) is 0 Å². The topological polar surface area (TPSA) is 92.4 Å². The number of carbonyl (C=O) groups is 2. The van der Waals surface area contributed by atoms with Gasteiger partial charge in [0.1, 0.15) is 11.4 Å². The van der Waals surface area contributed by atoms with E-state index < -0.39 is 6.04 Å². The summed E-state index contributed by atoms with van der Waals surface area (Å²) in [5.74, 6) is 0.270. The third-order valence-corrected chi connectivity index (χ3v) is 4.39. The number of ether oxygens (including phenoxy) is 1. The van der Waals surface area contributed by atoms with Crippen molar-refractivity contribution in [3.05, 3.63) is 57.5 Å². The number of amides is 1. The van der Waals surface area contributed by atoms with Crippen LogP contribution < -0.4 is 10.3 Å². The number of hydrogen-bond donors (Lipinski definition) is 1. The van der Waals surface area contributed by atoms with Gasteiger partial charge < -0.3 is 9.64 Å². The fourth-order valence-electron chi connectivity index (χ4n) is 3.12. The van der Waals surface area contributed by atoms with Gasteiger partial charge >= 0.3 is 0 Å². The lowest BCUT2D eigenvalue weighted by Gasteiger charge is -2.23. The van der Waals surface area contributed by atoms with Gasteiger partial charge in [-0.25, -0.2) is 5.10 Å². The molecule has 0 radical (unpaired) electrons. The zero-order valence-electron chi connectivity index (χ0n) is 14.1. The van der Waals surface area contributed by atoms with Crippen LogP contribution in [0.15, 0.2) is 35.1 Å². The molecule has 1 aliphatic heterocycles. The van der Waals surface area contributed by atoms with Gasteiger partial charge in [-0.15, -0.1) is 0 Å². The van der Waals surface area contributed by atoms with Crippen molar-refractivity contribution < 1.29 is 14.3 Å². The molecule has 3 rings (SSSR count). The van der Waals surface area contributed by atoms with Crippen molar-refractivity contribution in [2.45, 2.75) is 25.8 Å². The van der Waals surface area contributed by atoms with Gasteiger partial charge in [0, 0.05) is 18.2 Å². The maximum absolute atomic E-state index is 12.9. The molecule has 1 aliphatic rings. The first-order valence-corrected chi connectivity index (χ1v) is 8.07. The number of aromatic amines is 1. The molecular weight excluding hydrogens is 322 g/mol. The minimum Gasteiger partial charge on any atom is -0.496 e. The highest BCUT2D eigenvalue weighted by molar-refractivity contribution is 6.04. The molecule has 0 saturated carbocycles. The van der Waals surface area contributed by atoms with E-state index in [4.69, 9.17) is 4.74 Å². The Morgan fingerprint density at radius 2 is 2.08 bits per heavy atom. The summed E-state index contributed by atoms with van der Waals surface area (Å²) in [6, 6.07) is 7.36. The van der Waals surface area contributed by atoms with Gasteiger partial charge in [-0.05, 0) is 49.6 Å². The molecule has 0 spiro atoms. The highest BCUT2D eigenvalue weighted by atomic mass is 16.5. The first-order valence-electron chi connectivity index (χ1n) is 8.07. The van der Waals surface area contributed by atoms with Crippen LogP contribution in [0.3, 0.4) is 0 Å². The maximum Gasteiger partial charge on any atom is 0.274 e. The number of methoxy groups -OCH3 is 1. The van der Waals surface area contributed by atoms with Crippen LogP contribution in [-0.2, 0) is 0 Å². The fourth-order valence-corrected chi connectivity index (χ4v) is 3.12. The molecule has 1 aromatic carbocycles. The van der Waals surface area contributed by atoms with E-state index >= 15 is 0 Å². The lowest BCUT2D eigenvalue weighted by molar-refractivity contribution is 0.0666. The number of hydrogen-bond acceptors (Lipinski definition) is 5. The molecule has 1 N–H and O–H groups in total. The molecule has 130 valence electrons. The van der Waals surface area contributed by atoms with Gasteiger partial charge in [-0.1, -0.05) is 0 Å². The van der Waals surface area contributed by atoms with Crippen LogP contribution in [0, 0.1) is 6.92 Å². The molecule has 1 unspecified atom stereocenters. The van der Waals surface area contributed by atoms with Gasteiger partial charge in [0.05, 0.1) is 13.2 Å². The molecule has 25 heavy (non-hydrogen) atoms. The number of H-pyrrole nitrogens is 1. The largest absolute Gasteiger partial charge is 0.496 e. The molecule has 1 fully saturated rings. The van der Waals surface area contributed by atoms with Crippen molar-refractivity contribution in [2.75, 3.05) is 13.7 Å². The highest BCUT2D eigenvalue weighted by Crippen LogP contribution is 2.25. The first kappa shape index (κ1) is 16.9. The van der Waals surface area contributed by atoms with Crippen LogP contribution in [0.5, 0.6) is 5.75 Å². The molecule has 1 aromatic heterocycles. The van der Waals surface area contributed by atoms with Gasteiger partial charge in [0.2, 0.25) is 0 Å². The van der Waals surface area contributed by atoms with Crippen LogP contribution in [0.25, 0.3) is 0 Å². The zero-order valence-corrected chi connectivity index (χ0v) is 14.1. The number of likely N-dealkylation sites (tertiary alicyclic amines) is 1. The highest BCUT2D eigenvalue weighted by Gasteiger charge is 2.35. The molecule has 0 bridgehead atoms. The molecule has 1 amide bonds. The summed E-state index contributed by atoms with van der Waals surface area (Å²) >= 11 is 0. The minimum atomic E-state index is -0.519. The van der Waals surface area contributed by atoms with Gasteiger partial charge in [-0.3, -0.25) is 14.4 Å². The second kappa shape index (κ2) is 6.88. The summed E-state index contributed by atoms with van der Waals surface area (Å²) < 4.78 is 5.22. The van der Waals surface area contributed by atoms with E-state index in [-0.39, 0.29) is 22.9 Å². The number of nitrogens with zero attached hydrogens (tertiary/aromatic N) is 2. The quantitative estimate of drug-likeness (QED) is 0.852. The van der Waals surface area contributed by atoms with Crippen LogP contribution in [0.2, 0.25) is 0 Å². The second-order valence-electron chi connectivity index (χ2n) is 6.01. The van der Waals surface area contributed by atoms with Gasteiger partial charge in [0.15, 0.2) is 5.78 Å². The molecule has 2 heterocycles. The standard InChI is InChI=1S/C18H19N3O4/c1-11-10-12(5-7-15(11)25-2)17(23)14-4-3-9-21(14)18(24)13-6-8-16(22)20-19-13/h5-8,10,14H,3-4,9H2,1-2H3,(H,20,22). The third kappa shape index (κ3) is 3.31. The molecule has 7 heteroatoms. The van der Waals surface area contributed by atoms with Crippen molar-refractivity contribution in [3.63, 3.8) is 0 Å². The monoisotopic (exact) mass is 341 g/mol. The third-order valence-electron chi connectivity index (χ3n) is 4.39. The van der Waals surface area contributed by atoms with Crippen molar-refractivity contribution in [1.29, 1.82) is 0 Å². The maximum atomic E-state index is 12.9. The SMILES string of the molecule is COc1ccc(C(=O)C2CCCN2C(=O)c2ccc(=O)[nH]n2)cc1C. The van der Waals surface area contributed by atoms with E-state index in [1.54, 1.807) is 25.3 Å². The van der Waals surface area contributed by atoms with Crippen LogP contribution in [-0.4, -0.2) is 46.5 Å². The van der Waals surface area contributed by atoms with Crippen molar-refractivity contribution >= 4 is 11.7 Å².